The number of allylic oxidation sites excluding steroid dienone is 3. The summed E-state index contributed by atoms with van der Waals surface area (Å²) in [6, 6.07) is 52.8. The highest BCUT2D eigenvalue weighted by molar-refractivity contribution is 8.00. The molecule has 2 unspecified atom stereocenters. The molecule has 1 aromatic heterocycles. The highest BCUT2D eigenvalue weighted by atomic mass is 32.2. The van der Waals surface area contributed by atoms with Gasteiger partial charge in [0.15, 0.2) is 0 Å². The number of fused-ring (bicyclic) bond motifs is 6. The molecule has 0 fully saturated rings. The summed E-state index contributed by atoms with van der Waals surface area (Å²) >= 11 is 3.86. The molecule has 2 nitrogen and oxygen atoms in total. The van der Waals surface area contributed by atoms with Crippen LogP contribution in [0.1, 0.15) is 11.5 Å². The molecule has 4 heteroatoms. The zero-order valence-corrected chi connectivity index (χ0v) is 26.7. The van der Waals surface area contributed by atoms with Crippen LogP contribution in [-0.4, -0.2) is 5.25 Å². The summed E-state index contributed by atoms with van der Waals surface area (Å²) in [6.45, 7) is 0. The van der Waals surface area contributed by atoms with E-state index in [0.29, 0.717) is 11.2 Å². The molecule has 1 aliphatic carbocycles. The maximum atomic E-state index is 2.44. The van der Waals surface area contributed by atoms with E-state index in [9.17, 15) is 0 Å². The molecule has 0 bridgehead atoms. The van der Waals surface area contributed by atoms with Crippen molar-refractivity contribution < 1.29 is 0 Å². The van der Waals surface area contributed by atoms with Crippen LogP contribution in [0.15, 0.2) is 175 Å². The Bertz CT molecular complexity index is 2220. The van der Waals surface area contributed by atoms with Crippen LogP contribution in [0.25, 0.3) is 20.2 Å². The summed E-state index contributed by atoms with van der Waals surface area (Å²) in [5.74, 6) is 0.450. The van der Waals surface area contributed by atoms with Gasteiger partial charge in [0.05, 0.1) is 16.1 Å². The van der Waals surface area contributed by atoms with Crippen molar-refractivity contribution in [2.45, 2.75) is 16.1 Å². The molecule has 2 heterocycles. The van der Waals surface area contributed by atoms with Gasteiger partial charge >= 0.3 is 0 Å². The molecule has 0 saturated heterocycles. The van der Waals surface area contributed by atoms with E-state index in [2.05, 4.69) is 180 Å². The number of rotatable bonds is 6. The van der Waals surface area contributed by atoms with Gasteiger partial charge in [-0.05, 0) is 72.3 Å². The molecule has 220 valence electrons. The molecule has 0 radical (unpaired) electrons. The quantitative estimate of drug-likeness (QED) is 0.181. The van der Waals surface area contributed by atoms with Crippen LogP contribution in [0.5, 0.6) is 0 Å². The highest BCUT2D eigenvalue weighted by Gasteiger charge is 2.32. The Morgan fingerprint density at radius 3 is 1.80 bits per heavy atom. The van der Waals surface area contributed by atoms with Gasteiger partial charge in [0.2, 0.25) is 0 Å². The second-order valence-corrected chi connectivity index (χ2v) is 14.0. The molecule has 0 spiro atoms. The third-order valence-electron chi connectivity index (χ3n) is 8.97. The van der Waals surface area contributed by atoms with Crippen molar-refractivity contribution in [1.82, 2.24) is 0 Å². The smallest absolute Gasteiger partial charge is 0.0640 e. The van der Waals surface area contributed by atoms with E-state index in [1.807, 2.05) is 23.1 Å². The highest BCUT2D eigenvalue weighted by Crippen LogP contribution is 2.52. The fourth-order valence-corrected chi connectivity index (χ4v) is 9.53. The molecule has 0 saturated carbocycles. The number of para-hydroxylation sites is 3. The number of thiophene rings is 1. The normalized spacial score (nSPS) is 16.4. The molecule has 2 atom stereocenters. The Balaban J connectivity index is 1.25. The van der Waals surface area contributed by atoms with Gasteiger partial charge in [-0.15, -0.1) is 23.1 Å². The van der Waals surface area contributed by atoms with Crippen molar-refractivity contribution in [3.05, 3.63) is 175 Å². The van der Waals surface area contributed by atoms with Gasteiger partial charge in [-0.2, -0.15) is 0 Å². The van der Waals surface area contributed by atoms with Gasteiger partial charge in [-0.1, -0.05) is 103 Å². The number of hydrogen-bond acceptors (Lipinski definition) is 4. The zero-order valence-electron chi connectivity index (χ0n) is 25.0. The molecular formula is C42H30N2S2. The van der Waals surface area contributed by atoms with E-state index in [0.717, 1.165) is 17.1 Å². The monoisotopic (exact) mass is 626 g/mol. The van der Waals surface area contributed by atoms with E-state index in [1.54, 1.807) is 0 Å². The van der Waals surface area contributed by atoms with Crippen molar-refractivity contribution in [3.8, 4) is 0 Å². The molecule has 1 aliphatic heterocycles. The lowest BCUT2D eigenvalue weighted by Crippen LogP contribution is -2.11. The fourth-order valence-electron chi connectivity index (χ4n) is 6.93. The second kappa shape index (κ2) is 11.4. The molecule has 0 N–H and O–H groups in total. The van der Waals surface area contributed by atoms with Crippen LogP contribution in [-0.2, 0) is 0 Å². The summed E-state index contributed by atoms with van der Waals surface area (Å²) in [6.07, 6.45) is 9.06. The lowest BCUT2D eigenvalue weighted by molar-refractivity contribution is 0.881. The standard InChI is InChI=1S/C42H30N2S2/c1-4-14-29(15-5-1)43(30-16-6-2-7-17-30)36-22-13-25-39-41(36)35-21-12-23-37(42(35)46-39)44(31-18-8-3-9-19-31)32-26-27-34-33-20-10-11-24-38(33)45-40(34)28-32/h1-28,33,38H. The second-order valence-electron chi connectivity index (χ2n) is 11.7. The number of benzene rings is 6. The molecule has 2 aliphatic rings. The summed E-state index contributed by atoms with van der Waals surface area (Å²) in [7, 11) is 0. The molecule has 46 heavy (non-hydrogen) atoms. The molecule has 7 aromatic rings. The Hall–Kier alpha value is -5.03. The number of hydrogen-bond donors (Lipinski definition) is 0. The predicted octanol–water partition coefficient (Wildman–Crippen LogP) is 12.7. The molecule has 6 aromatic carbocycles. The number of nitrogens with zero attached hydrogens (tertiary/aromatic N) is 2. The van der Waals surface area contributed by atoms with Gasteiger partial charge in [-0.3, -0.25) is 0 Å². The Kier molecular flexibility index (Phi) is 6.76. The minimum absolute atomic E-state index is 0.450. The summed E-state index contributed by atoms with van der Waals surface area (Å²) in [5, 5.41) is 3.02. The van der Waals surface area contributed by atoms with Crippen LogP contribution in [0, 0.1) is 0 Å². The summed E-state index contributed by atoms with van der Waals surface area (Å²) < 4.78 is 2.56. The van der Waals surface area contributed by atoms with Gasteiger partial charge in [-0.25, -0.2) is 0 Å². The van der Waals surface area contributed by atoms with E-state index in [4.69, 9.17) is 0 Å². The average molecular weight is 627 g/mol. The van der Waals surface area contributed by atoms with Crippen molar-refractivity contribution in [2.24, 2.45) is 0 Å². The maximum Gasteiger partial charge on any atom is 0.0640 e. The largest absolute Gasteiger partial charge is 0.310 e. The van der Waals surface area contributed by atoms with Crippen LogP contribution < -0.4 is 9.80 Å². The van der Waals surface area contributed by atoms with Crippen molar-refractivity contribution in [1.29, 1.82) is 0 Å². The topological polar surface area (TPSA) is 6.48 Å². The first-order valence-electron chi connectivity index (χ1n) is 15.7. The van der Waals surface area contributed by atoms with Crippen molar-refractivity contribution >= 4 is 77.4 Å². The van der Waals surface area contributed by atoms with E-state index in [-0.39, 0.29) is 0 Å². The van der Waals surface area contributed by atoms with Crippen LogP contribution in [0.4, 0.5) is 34.1 Å². The average Bonchev–Trinajstić information content (AvgIpc) is 3.69. The maximum absolute atomic E-state index is 2.44. The van der Waals surface area contributed by atoms with Gasteiger partial charge in [0.25, 0.3) is 0 Å². The molecule has 9 rings (SSSR count). The fraction of sp³-hybridized carbons (Fsp3) is 0.0476. The van der Waals surface area contributed by atoms with Crippen LogP contribution in [0.3, 0.4) is 0 Å². The predicted molar refractivity (Wildman–Crippen MR) is 199 cm³/mol. The summed E-state index contributed by atoms with van der Waals surface area (Å²) in [4.78, 5) is 6.20. The Morgan fingerprint density at radius 1 is 0.500 bits per heavy atom. The van der Waals surface area contributed by atoms with Crippen molar-refractivity contribution in [3.63, 3.8) is 0 Å². The minimum atomic E-state index is 0.450. The zero-order chi connectivity index (χ0) is 30.5. The molecular weight excluding hydrogens is 597 g/mol. The lowest BCUT2D eigenvalue weighted by atomic mass is 9.92. The first-order valence-corrected chi connectivity index (χ1v) is 17.4. The molecule has 0 amide bonds. The van der Waals surface area contributed by atoms with E-state index >= 15 is 0 Å². The summed E-state index contributed by atoms with van der Waals surface area (Å²) in [5.41, 5.74) is 8.43. The third-order valence-corrected chi connectivity index (χ3v) is 11.5. The van der Waals surface area contributed by atoms with Crippen molar-refractivity contribution in [2.75, 3.05) is 9.80 Å². The van der Waals surface area contributed by atoms with Gasteiger partial charge in [0.1, 0.15) is 0 Å². The number of anilines is 6. The first-order chi connectivity index (χ1) is 22.8. The van der Waals surface area contributed by atoms with Gasteiger partial charge in [0, 0.05) is 54.3 Å². The van der Waals surface area contributed by atoms with Crippen LogP contribution in [0.2, 0.25) is 0 Å². The Labute approximate surface area is 277 Å². The van der Waals surface area contributed by atoms with E-state index in [1.165, 1.54) is 47.7 Å². The van der Waals surface area contributed by atoms with Gasteiger partial charge < -0.3 is 9.80 Å². The van der Waals surface area contributed by atoms with Crippen LogP contribution >= 0.6 is 23.1 Å². The Morgan fingerprint density at radius 2 is 1.11 bits per heavy atom. The lowest BCUT2D eigenvalue weighted by Gasteiger charge is -2.27. The van der Waals surface area contributed by atoms with E-state index < -0.39 is 0 Å². The number of thioether (sulfide) groups is 1. The SMILES string of the molecule is C1=CC2Sc3cc(N(c4ccccc4)c4cccc5c4sc4cccc(N(c6ccccc6)c6ccccc6)c45)ccc3C2C=C1. The third kappa shape index (κ3) is 4.56. The minimum Gasteiger partial charge on any atom is -0.310 e. The first kappa shape index (κ1) is 27.3.